The van der Waals surface area contributed by atoms with Gasteiger partial charge in [-0.2, -0.15) is 0 Å². The zero-order chi connectivity index (χ0) is 11.1. The van der Waals surface area contributed by atoms with Crippen molar-refractivity contribution in [2.45, 2.75) is 6.42 Å². The molecule has 0 heterocycles. The second kappa shape index (κ2) is 7.96. The van der Waals surface area contributed by atoms with Crippen LogP contribution in [-0.4, -0.2) is 26.1 Å². The summed E-state index contributed by atoms with van der Waals surface area (Å²) in [5.74, 6) is 0.784. The summed E-state index contributed by atoms with van der Waals surface area (Å²) in [6.07, 6.45) is 0.379. The monoisotopic (exact) mass is 244 g/mol. The highest BCUT2D eigenvalue weighted by Gasteiger charge is 2.02. The molecule has 0 saturated carbocycles. The van der Waals surface area contributed by atoms with Crippen LogP contribution in [0.25, 0.3) is 0 Å². The normalized spacial score (nSPS) is 9.12. The Bertz CT molecular complexity index is 314. The summed E-state index contributed by atoms with van der Waals surface area (Å²) in [5, 5.41) is 2.71. The van der Waals surface area contributed by atoms with Crippen LogP contribution in [0, 0.1) is 0 Å². The van der Waals surface area contributed by atoms with E-state index in [1.54, 1.807) is 7.11 Å². The molecule has 0 aliphatic rings. The fraction of sp³-hybridized carbons (Fsp3) is 0.364. The number of carbonyl (C=O) groups is 1. The Morgan fingerprint density at radius 3 is 2.50 bits per heavy atom. The molecule has 1 aromatic rings. The second-order valence-corrected chi connectivity index (χ2v) is 3.16. The lowest BCUT2D eigenvalue weighted by molar-refractivity contribution is -0.120. The number of nitrogens with one attached hydrogen (secondary N) is 1. The Balaban J connectivity index is 0.00000225. The summed E-state index contributed by atoms with van der Waals surface area (Å²) in [5.41, 5.74) is 6.24. The van der Waals surface area contributed by atoms with Crippen LogP contribution < -0.4 is 15.8 Å². The first-order chi connectivity index (χ1) is 7.26. The van der Waals surface area contributed by atoms with Crippen LogP contribution in [0.1, 0.15) is 5.56 Å². The lowest BCUT2D eigenvalue weighted by Crippen LogP contribution is -2.30. The molecule has 0 fully saturated rings. The highest BCUT2D eigenvalue weighted by atomic mass is 35.5. The van der Waals surface area contributed by atoms with Gasteiger partial charge < -0.3 is 15.8 Å². The molecular formula is C11H17ClN2O2. The topological polar surface area (TPSA) is 64.3 Å². The molecule has 1 rings (SSSR count). The van der Waals surface area contributed by atoms with Crippen LogP contribution in [0.3, 0.4) is 0 Å². The van der Waals surface area contributed by atoms with Gasteiger partial charge in [0, 0.05) is 13.1 Å². The van der Waals surface area contributed by atoms with E-state index in [9.17, 15) is 4.79 Å². The fourth-order valence-corrected chi connectivity index (χ4v) is 1.20. The summed E-state index contributed by atoms with van der Waals surface area (Å²) in [7, 11) is 1.61. The third-order valence-corrected chi connectivity index (χ3v) is 1.99. The van der Waals surface area contributed by atoms with Crippen molar-refractivity contribution in [2.75, 3.05) is 20.2 Å². The fourth-order valence-electron chi connectivity index (χ4n) is 1.20. The summed E-state index contributed by atoms with van der Waals surface area (Å²) in [4.78, 5) is 11.3. The van der Waals surface area contributed by atoms with Gasteiger partial charge in [-0.1, -0.05) is 12.1 Å². The maximum atomic E-state index is 11.3. The van der Waals surface area contributed by atoms with Crippen LogP contribution in [0.4, 0.5) is 0 Å². The van der Waals surface area contributed by atoms with Crippen molar-refractivity contribution in [3.05, 3.63) is 29.8 Å². The van der Waals surface area contributed by atoms with Gasteiger partial charge in [0.2, 0.25) is 5.91 Å². The average molecular weight is 245 g/mol. The maximum Gasteiger partial charge on any atom is 0.224 e. The molecule has 0 aliphatic heterocycles. The first-order valence-corrected chi connectivity index (χ1v) is 4.86. The zero-order valence-corrected chi connectivity index (χ0v) is 10.0. The van der Waals surface area contributed by atoms with Crippen molar-refractivity contribution in [3.8, 4) is 5.75 Å². The van der Waals surface area contributed by atoms with Crippen molar-refractivity contribution in [2.24, 2.45) is 5.73 Å². The zero-order valence-electron chi connectivity index (χ0n) is 9.23. The minimum atomic E-state index is -0.00869. The predicted octanol–water partition coefficient (Wildman–Crippen LogP) is 0.734. The van der Waals surface area contributed by atoms with E-state index < -0.39 is 0 Å². The minimum Gasteiger partial charge on any atom is -0.497 e. The second-order valence-electron chi connectivity index (χ2n) is 3.16. The van der Waals surface area contributed by atoms with E-state index in [1.165, 1.54) is 0 Å². The van der Waals surface area contributed by atoms with Crippen molar-refractivity contribution < 1.29 is 9.53 Å². The lowest BCUT2D eigenvalue weighted by atomic mass is 10.1. The molecular weight excluding hydrogens is 228 g/mol. The molecule has 0 radical (unpaired) electrons. The van der Waals surface area contributed by atoms with Gasteiger partial charge in [-0.15, -0.1) is 12.4 Å². The van der Waals surface area contributed by atoms with E-state index in [2.05, 4.69) is 5.32 Å². The summed E-state index contributed by atoms with van der Waals surface area (Å²) in [6, 6.07) is 7.43. The molecule has 0 bridgehead atoms. The highest BCUT2D eigenvalue weighted by molar-refractivity contribution is 5.85. The quantitative estimate of drug-likeness (QED) is 0.803. The molecule has 0 aliphatic carbocycles. The van der Waals surface area contributed by atoms with E-state index in [-0.39, 0.29) is 18.3 Å². The van der Waals surface area contributed by atoms with Crippen molar-refractivity contribution in [1.82, 2.24) is 5.32 Å². The molecule has 0 aromatic heterocycles. The van der Waals surface area contributed by atoms with Gasteiger partial charge in [0.05, 0.1) is 13.5 Å². The number of benzene rings is 1. The number of methoxy groups -OCH3 is 1. The number of carbonyl (C=O) groups excluding carboxylic acids is 1. The summed E-state index contributed by atoms with van der Waals surface area (Å²) >= 11 is 0. The van der Waals surface area contributed by atoms with Crippen LogP contribution in [0.15, 0.2) is 24.3 Å². The van der Waals surface area contributed by atoms with Gasteiger partial charge in [-0.05, 0) is 17.7 Å². The van der Waals surface area contributed by atoms with Gasteiger partial charge in [0.1, 0.15) is 5.75 Å². The molecule has 1 amide bonds. The number of rotatable bonds is 5. The van der Waals surface area contributed by atoms with Gasteiger partial charge in [-0.25, -0.2) is 0 Å². The standard InChI is InChI=1S/C11H16N2O2.ClH/c1-15-10-4-2-9(3-5-10)8-11(14)13-7-6-12;/h2-5H,6-8,12H2,1H3,(H,13,14);1H. The van der Waals surface area contributed by atoms with E-state index in [4.69, 9.17) is 10.5 Å². The Hall–Kier alpha value is -1.26. The Morgan fingerprint density at radius 1 is 1.38 bits per heavy atom. The van der Waals surface area contributed by atoms with Gasteiger partial charge in [0.25, 0.3) is 0 Å². The van der Waals surface area contributed by atoms with E-state index in [0.29, 0.717) is 19.5 Å². The SMILES string of the molecule is COc1ccc(CC(=O)NCCN)cc1.Cl. The van der Waals surface area contributed by atoms with Crippen LogP contribution in [0.2, 0.25) is 0 Å². The molecule has 90 valence electrons. The summed E-state index contributed by atoms with van der Waals surface area (Å²) in [6.45, 7) is 0.989. The molecule has 16 heavy (non-hydrogen) atoms. The molecule has 1 aromatic carbocycles. The first kappa shape index (κ1) is 14.7. The van der Waals surface area contributed by atoms with Gasteiger partial charge >= 0.3 is 0 Å². The van der Waals surface area contributed by atoms with Gasteiger partial charge in [-0.3, -0.25) is 4.79 Å². The molecule has 0 saturated heterocycles. The summed E-state index contributed by atoms with van der Waals surface area (Å²) < 4.78 is 5.02. The predicted molar refractivity (Wildman–Crippen MR) is 66.0 cm³/mol. The number of nitrogens with two attached hydrogens (primary N) is 1. The number of ether oxygens (including phenoxy) is 1. The number of hydrogen-bond donors (Lipinski definition) is 2. The Labute approximate surface area is 102 Å². The molecule has 5 heteroatoms. The molecule has 0 atom stereocenters. The first-order valence-electron chi connectivity index (χ1n) is 4.86. The largest absolute Gasteiger partial charge is 0.497 e. The third-order valence-electron chi connectivity index (χ3n) is 1.99. The van der Waals surface area contributed by atoms with E-state index >= 15 is 0 Å². The van der Waals surface area contributed by atoms with Crippen molar-refractivity contribution >= 4 is 18.3 Å². The van der Waals surface area contributed by atoms with E-state index in [0.717, 1.165) is 11.3 Å². The number of hydrogen-bond acceptors (Lipinski definition) is 3. The van der Waals surface area contributed by atoms with Crippen molar-refractivity contribution in [1.29, 1.82) is 0 Å². The molecule has 0 unspecified atom stereocenters. The maximum absolute atomic E-state index is 11.3. The van der Waals surface area contributed by atoms with Crippen molar-refractivity contribution in [3.63, 3.8) is 0 Å². The van der Waals surface area contributed by atoms with Crippen LogP contribution in [-0.2, 0) is 11.2 Å². The Kier molecular flexibility index (Phi) is 7.33. The number of halogens is 1. The average Bonchev–Trinajstić information content (AvgIpc) is 2.27. The molecule has 3 N–H and O–H groups in total. The Morgan fingerprint density at radius 2 is 2.00 bits per heavy atom. The lowest BCUT2D eigenvalue weighted by Gasteiger charge is -2.04. The van der Waals surface area contributed by atoms with Crippen LogP contribution in [0.5, 0.6) is 5.75 Å². The number of amides is 1. The molecule has 0 spiro atoms. The minimum absolute atomic E-state index is 0. The van der Waals surface area contributed by atoms with Crippen LogP contribution >= 0.6 is 12.4 Å². The van der Waals surface area contributed by atoms with Gasteiger partial charge in [0.15, 0.2) is 0 Å². The van der Waals surface area contributed by atoms with E-state index in [1.807, 2.05) is 24.3 Å². The third kappa shape index (κ3) is 5.00. The molecule has 4 nitrogen and oxygen atoms in total. The highest BCUT2D eigenvalue weighted by Crippen LogP contribution is 2.11. The smallest absolute Gasteiger partial charge is 0.224 e.